The molecule has 1 atom stereocenters. The Hall–Kier alpha value is -1.52. The first-order chi connectivity index (χ1) is 10.2. The van der Waals surface area contributed by atoms with Gasteiger partial charge < -0.3 is 11.1 Å². The number of nitrogens with two attached hydrogens (primary N) is 1. The summed E-state index contributed by atoms with van der Waals surface area (Å²) in [5.41, 5.74) is 5.46. The van der Waals surface area contributed by atoms with Crippen molar-refractivity contribution in [2.75, 3.05) is 5.75 Å². The van der Waals surface area contributed by atoms with Gasteiger partial charge in [0.15, 0.2) is 0 Å². The van der Waals surface area contributed by atoms with E-state index in [0.29, 0.717) is 6.04 Å². The summed E-state index contributed by atoms with van der Waals surface area (Å²) in [7, 11) is 0. The fraction of sp³-hybridized carbons (Fsp3) is 0.353. The van der Waals surface area contributed by atoms with Crippen molar-refractivity contribution in [3.63, 3.8) is 0 Å². The molecule has 0 radical (unpaired) electrons. The van der Waals surface area contributed by atoms with Gasteiger partial charge in [-0.2, -0.15) is 0 Å². The van der Waals surface area contributed by atoms with Gasteiger partial charge in [-0.1, -0.05) is 30.3 Å². The van der Waals surface area contributed by atoms with Crippen molar-refractivity contribution < 1.29 is 4.79 Å². The number of carbonyl (C=O) groups excluding carboxylic acids is 1. The molecule has 0 spiro atoms. The lowest BCUT2D eigenvalue weighted by Crippen LogP contribution is -2.42. The van der Waals surface area contributed by atoms with Gasteiger partial charge in [-0.15, -0.1) is 11.8 Å². The summed E-state index contributed by atoms with van der Waals surface area (Å²) >= 11 is 1.78. The van der Waals surface area contributed by atoms with Gasteiger partial charge in [-0.3, -0.25) is 4.79 Å². The monoisotopic (exact) mass is 300 g/mol. The summed E-state index contributed by atoms with van der Waals surface area (Å²) in [5, 5.41) is 5.83. The molecule has 1 aliphatic rings. The van der Waals surface area contributed by atoms with Crippen LogP contribution in [0.2, 0.25) is 0 Å². The Morgan fingerprint density at radius 3 is 2.71 bits per heavy atom. The summed E-state index contributed by atoms with van der Waals surface area (Å²) in [5.74, 6) is 0.659. The third-order valence-electron chi connectivity index (χ3n) is 3.75. The first kappa shape index (κ1) is 14.4. The van der Waals surface area contributed by atoms with E-state index in [1.165, 1.54) is 28.5 Å². The highest BCUT2D eigenvalue weighted by molar-refractivity contribution is 7.99. The molecular formula is C17H20N2OS. The molecule has 3 nitrogen and oxygen atoms in total. The van der Waals surface area contributed by atoms with E-state index in [1.54, 1.807) is 11.8 Å². The van der Waals surface area contributed by atoms with Crippen LogP contribution in [-0.2, 0) is 4.79 Å². The van der Waals surface area contributed by atoms with E-state index in [9.17, 15) is 4.79 Å². The molecule has 1 fully saturated rings. The molecule has 1 amide bonds. The van der Waals surface area contributed by atoms with Crippen molar-refractivity contribution in [1.29, 1.82) is 0 Å². The minimum atomic E-state index is -0.235. The van der Waals surface area contributed by atoms with Crippen LogP contribution in [0, 0.1) is 0 Å². The zero-order valence-corrected chi connectivity index (χ0v) is 12.7. The average Bonchev–Trinajstić information content (AvgIpc) is 3.30. The Balaban J connectivity index is 1.56. The standard InChI is InChI=1S/C17H20N2OS/c18-17(20)16(19-14-6-7-14)9-10-21-15-8-5-12-3-1-2-4-13(12)11-15/h1-5,8,11,14,16,19H,6-7,9-10H2,(H2,18,20). The summed E-state index contributed by atoms with van der Waals surface area (Å²) in [6, 6.07) is 15.2. The normalized spacial score (nSPS) is 16.0. The number of hydrogen-bond acceptors (Lipinski definition) is 3. The summed E-state index contributed by atoms with van der Waals surface area (Å²) in [6.07, 6.45) is 3.12. The number of benzene rings is 2. The zero-order valence-electron chi connectivity index (χ0n) is 11.9. The second kappa shape index (κ2) is 6.50. The van der Waals surface area contributed by atoms with Crippen LogP contribution in [0.1, 0.15) is 19.3 Å². The van der Waals surface area contributed by atoms with Gasteiger partial charge in [0.1, 0.15) is 0 Å². The Bertz CT molecular complexity index is 639. The van der Waals surface area contributed by atoms with Crippen LogP contribution in [0.5, 0.6) is 0 Å². The smallest absolute Gasteiger partial charge is 0.234 e. The molecule has 1 aliphatic carbocycles. The van der Waals surface area contributed by atoms with E-state index in [-0.39, 0.29) is 11.9 Å². The molecule has 3 N–H and O–H groups in total. The van der Waals surface area contributed by atoms with Gasteiger partial charge in [0, 0.05) is 10.9 Å². The summed E-state index contributed by atoms with van der Waals surface area (Å²) < 4.78 is 0. The van der Waals surface area contributed by atoms with E-state index in [4.69, 9.17) is 5.73 Å². The topological polar surface area (TPSA) is 55.1 Å². The first-order valence-corrected chi connectivity index (χ1v) is 8.38. The average molecular weight is 300 g/mol. The van der Waals surface area contributed by atoms with Gasteiger partial charge in [-0.05, 0) is 47.9 Å². The molecule has 0 saturated heterocycles. The van der Waals surface area contributed by atoms with Crippen molar-refractivity contribution >= 4 is 28.4 Å². The van der Waals surface area contributed by atoms with Gasteiger partial charge in [0.05, 0.1) is 6.04 Å². The van der Waals surface area contributed by atoms with Crippen LogP contribution in [0.25, 0.3) is 10.8 Å². The number of thioether (sulfide) groups is 1. The van der Waals surface area contributed by atoms with Crippen LogP contribution in [-0.4, -0.2) is 23.7 Å². The number of fused-ring (bicyclic) bond motifs is 1. The molecule has 0 aliphatic heterocycles. The van der Waals surface area contributed by atoms with Crippen LogP contribution in [0.15, 0.2) is 47.4 Å². The summed E-state index contributed by atoms with van der Waals surface area (Å²) in [4.78, 5) is 12.7. The van der Waals surface area contributed by atoms with E-state index in [0.717, 1.165) is 12.2 Å². The first-order valence-electron chi connectivity index (χ1n) is 7.39. The maximum atomic E-state index is 11.4. The number of rotatable bonds is 7. The molecular weight excluding hydrogens is 280 g/mol. The van der Waals surface area contributed by atoms with Gasteiger partial charge in [0.25, 0.3) is 0 Å². The second-order valence-corrected chi connectivity index (χ2v) is 6.71. The Kier molecular flexibility index (Phi) is 4.46. The van der Waals surface area contributed by atoms with E-state index in [1.807, 2.05) is 0 Å². The molecule has 0 heterocycles. The molecule has 1 unspecified atom stereocenters. The third-order valence-corrected chi connectivity index (χ3v) is 4.78. The molecule has 4 heteroatoms. The van der Waals surface area contributed by atoms with E-state index >= 15 is 0 Å². The van der Waals surface area contributed by atoms with Crippen LogP contribution in [0.3, 0.4) is 0 Å². The molecule has 110 valence electrons. The maximum absolute atomic E-state index is 11.4. The van der Waals surface area contributed by atoms with E-state index < -0.39 is 0 Å². The van der Waals surface area contributed by atoms with Crippen LogP contribution < -0.4 is 11.1 Å². The SMILES string of the molecule is NC(=O)C(CCSc1ccc2ccccc2c1)NC1CC1. The maximum Gasteiger partial charge on any atom is 0.234 e. The molecule has 2 aromatic rings. The Labute approximate surface area is 129 Å². The molecule has 3 rings (SSSR count). The lowest BCUT2D eigenvalue weighted by Gasteiger charge is -2.14. The zero-order chi connectivity index (χ0) is 14.7. The second-order valence-electron chi connectivity index (χ2n) is 5.54. The third kappa shape index (κ3) is 3.99. The van der Waals surface area contributed by atoms with Crippen LogP contribution >= 0.6 is 11.8 Å². The molecule has 0 bridgehead atoms. The van der Waals surface area contributed by atoms with Gasteiger partial charge in [0.2, 0.25) is 5.91 Å². The summed E-state index contributed by atoms with van der Waals surface area (Å²) in [6.45, 7) is 0. The van der Waals surface area contributed by atoms with E-state index in [2.05, 4.69) is 47.8 Å². The fourth-order valence-corrected chi connectivity index (χ4v) is 3.36. The Morgan fingerprint density at radius 1 is 1.24 bits per heavy atom. The number of nitrogens with one attached hydrogen (secondary N) is 1. The number of primary amides is 1. The highest BCUT2D eigenvalue weighted by Crippen LogP contribution is 2.25. The van der Waals surface area contributed by atoms with Crippen molar-refractivity contribution in [2.45, 2.75) is 36.2 Å². The lowest BCUT2D eigenvalue weighted by atomic mass is 10.1. The fourth-order valence-electron chi connectivity index (χ4n) is 2.39. The lowest BCUT2D eigenvalue weighted by molar-refractivity contribution is -0.120. The number of hydrogen-bond donors (Lipinski definition) is 2. The highest BCUT2D eigenvalue weighted by Gasteiger charge is 2.26. The van der Waals surface area contributed by atoms with Crippen molar-refractivity contribution in [2.24, 2.45) is 5.73 Å². The number of amides is 1. The molecule has 21 heavy (non-hydrogen) atoms. The largest absolute Gasteiger partial charge is 0.368 e. The molecule has 2 aromatic carbocycles. The molecule has 0 aromatic heterocycles. The van der Waals surface area contributed by atoms with Crippen molar-refractivity contribution in [1.82, 2.24) is 5.32 Å². The minimum Gasteiger partial charge on any atom is -0.368 e. The van der Waals surface area contributed by atoms with Gasteiger partial charge >= 0.3 is 0 Å². The predicted octanol–water partition coefficient (Wildman–Crippen LogP) is 2.93. The quantitative estimate of drug-likeness (QED) is 0.773. The Morgan fingerprint density at radius 2 is 2.00 bits per heavy atom. The van der Waals surface area contributed by atoms with Gasteiger partial charge in [-0.25, -0.2) is 0 Å². The predicted molar refractivity (Wildman–Crippen MR) is 88.4 cm³/mol. The minimum absolute atomic E-state index is 0.189. The van der Waals surface area contributed by atoms with Crippen molar-refractivity contribution in [3.05, 3.63) is 42.5 Å². The van der Waals surface area contributed by atoms with Crippen molar-refractivity contribution in [3.8, 4) is 0 Å². The number of carbonyl (C=O) groups is 1. The molecule has 1 saturated carbocycles. The highest BCUT2D eigenvalue weighted by atomic mass is 32.2. The van der Waals surface area contributed by atoms with Crippen LogP contribution in [0.4, 0.5) is 0 Å².